The van der Waals surface area contributed by atoms with E-state index in [2.05, 4.69) is 15.6 Å². The van der Waals surface area contributed by atoms with Gasteiger partial charge in [0.25, 0.3) is 11.5 Å². The van der Waals surface area contributed by atoms with Crippen LogP contribution in [-0.2, 0) is 6.54 Å². The van der Waals surface area contributed by atoms with Crippen molar-refractivity contribution in [2.45, 2.75) is 20.4 Å². The van der Waals surface area contributed by atoms with Gasteiger partial charge in [-0.1, -0.05) is 30.3 Å². The zero-order valence-electron chi connectivity index (χ0n) is 14.4. The molecule has 0 aliphatic heterocycles. The van der Waals surface area contributed by atoms with Crippen molar-refractivity contribution < 1.29 is 9.18 Å². The molecule has 1 amide bonds. The molecule has 0 atom stereocenters. The summed E-state index contributed by atoms with van der Waals surface area (Å²) in [5, 5.41) is 9.10. The van der Waals surface area contributed by atoms with Crippen molar-refractivity contribution in [1.29, 1.82) is 0 Å². The zero-order chi connectivity index (χ0) is 18.7. The van der Waals surface area contributed by atoms with E-state index in [1.165, 1.54) is 16.8 Å². The van der Waals surface area contributed by atoms with E-state index in [0.717, 1.165) is 0 Å². The fraction of sp³-hybridized carbons (Fsp3) is 0.158. The highest BCUT2D eigenvalue weighted by Crippen LogP contribution is 2.13. The smallest absolute Gasteiger partial charge is 0.267 e. The van der Waals surface area contributed by atoms with Crippen molar-refractivity contribution in [3.05, 3.63) is 76.0 Å². The van der Waals surface area contributed by atoms with Crippen LogP contribution < -0.4 is 11.0 Å². The van der Waals surface area contributed by atoms with E-state index in [9.17, 15) is 14.0 Å². The molecule has 6 nitrogen and oxygen atoms in total. The lowest BCUT2D eigenvalue weighted by atomic mass is 10.1. The maximum atomic E-state index is 13.0. The number of hydrazone groups is 1. The van der Waals surface area contributed by atoms with Crippen LogP contribution in [0.15, 0.2) is 58.4 Å². The van der Waals surface area contributed by atoms with Gasteiger partial charge in [0.2, 0.25) is 0 Å². The molecule has 1 aromatic heterocycles. The second-order valence-corrected chi connectivity index (χ2v) is 5.66. The molecule has 0 aliphatic carbocycles. The summed E-state index contributed by atoms with van der Waals surface area (Å²) in [6.45, 7) is 3.83. The van der Waals surface area contributed by atoms with Gasteiger partial charge in [-0.2, -0.15) is 10.2 Å². The number of hydrogen-bond donors (Lipinski definition) is 1. The summed E-state index contributed by atoms with van der Waals surface area (Å²) >= 11 is 0. The zero-order valence-corrected chi connectivity index (χ0v) is 14.4. The maximum absolute atomic E-state index is 13.0. The fourth-order valence-electron chi connectivity index (χ4n) is 2.56. The molecule has 3 rings (SSSR count). The third kappa shape index (κ3) is 3.37. The molecule has 7 heteroatoms. The van der Waals surface area contributed by atoms with E-state index in [1.54, 1.807) is 50.2 Å². The monoisotopic (exact) mass is 352 g/mol. The third-order valence-electron chi connectivity index (χ3n) is 3.97. The summed E-state index contributed by atoms with van der Waals surface area (Å²) in [5.41, 5.74) is 3.53. The summed E-state index contributed by atoms with van der Waals surface area (Å²) in [5.74, 6) is -0.868. The molecular weight excluding hydrogens is 335 g/mol. The summed E-state index contributed by atoms with van der Waals surface area (Å²) in [4.78, 5) is 24.9. The Kier molecular flexibility index (Phi) is 4.88. The Morgan fingerprint density at radius 1 is 1.15 bits per heavy atom. The van der Waals surface area contributed by atoms with Gasteiger partial charge in [0.05, 0.1) is 11.1 Å². The van der Waals surface area contributed by atoms with E-state index in [0.29, 0.717) is 28.6 Å². The number of nitrogens with one attached hydrogen (secondary N) is 1. The molecule has 0 fully saturated rings. The number of carbonyl (C=O) groups excluding carboxylic acids is 1. The summed E-state index contributed by atoms with van der Waals surface area (Å²) in [7, 11) is 0. The third-order valence-corrected chi connectivity index (χ3v) is 3.97. The minimum absolute atomic E-state index is 0.123. The number of amides is 1. The van der Waals surface area contributed by atoms with Crippen molar-refractivity contribution >= 4 is 22.4 Å². The molecule has 0 radical (unpaired) electrons. The molecule has 3 aromatic rings. The molecule has 0 aliphatic rings. The van der Waals surface area contributed by atoms with Crippen molar-refractivity contribution in [2.24, 2.45) is 5.10 Å². The molecule has 0 unspecified atom stereocenters. The second kappa shape index (κ2) is 7.26. The number of fused-ring (bicyclic) bond motifs is 1. The number of carbonyl (C=O) groups is 1. The molecule has 0 saturated heterocycles. The van der Waals surface area contributed by atoms with Crippen molar-refractivity contribution in [3.63, 3.8) is 0 Å². The number of halogens is 1. The van der Waals surface area contributed by atoms with Crippen LogP contribution in [0, 0.1) is 5.82 Å². The Hall–Kier alpha value is -3.35. The Morgan fingerprint density at radius 2 is 1.81 bits per heavy atom. The van der Waals surface area contributed by atoms with Crippen LogP contribution in [0.5, 0.6) is 0 Å². The second-order valence-electron chi connectivity index (χ2n) is 5.66. The lowest BCUT2D eigenvalue weighted by Gasteiger charge is -2.09. The van der Waals surface area contributed by atoms with Gasteiger partial charge in [0.15, 0.2) is 5.69 Å². The highest BCUT2D eigenvalue weighted by Gasteiger charge is 2.16. The fourth-order valence-corrected chi connectivity index (χ4v) is 2.56. The predicted molar refractivity (Wildman–Crippen MR) is 97.8 cm³/mol. The Bertz CT molecular complexity index is 1060. The number of aryl methyl sites for hydroxylation is 1. The molecule has 132 valence electrons. The van der Waals surface area contributed by atoms with Crippen molar-refractivity contribution in [3.8, 4) is 0 Å². The molecule has 1 N–H and O–H groups in total. The minimum Gasteiger partial charge on any atom is -0.267 e. The van der Waals surface area contributed by atoms with Crippen LogP contribution in [0.25, 0.3) is 10.8 Å². The molecule has 0 bridgehead atoms. The van der Waals surface area contributed by atoms with Gasteiger partial charge in [-0.3, -0.25) is 9.59 Å². The predicted octanol–water partition coefficient (Wildman–Crippen LogP) is 2.71. The normalized spacial score (nSPS) is 11.6. The van der Waals surface area contributed by atoms with Crippen LogP contribution in [0.2, 0.25) is 0 Å². The van der Waals surface area contributed by atoms with Crippen LogP contribution in [-0.4, -0.2) is 21.4 Å². The topological polar surface area (TPSA) is 76.3 Å². The first-order valence-electron chi connectivity index (χ1n) is 8.11. The van der Waals surface area contributed by atoms with E-state index < -0.39 is 5.91 Å². The first-order valence-corrected chi connectivity index (χ1v) is 8.11. The summed E-state index contributed by atoms with van der Waals surface area (Å²) in [6, 6.07) is 12.6. The Labute approximate surface area is 149 Å². The summed E-state index contributed by atoms with van der Waals surface area (Å²) < 4.78 is 14.2. The number of hydrogen-bond acceptors (Lipinski definition) is 4. The quantitative estimate of drug-likeness (QED) is 0.579. The van der Waals surface area contributed by atoms with E-state index in [4.69, 9.17) is 0 Å². The minimum atomic E-state index is -0.523. The van der Waals surface area contributed by atoms with Gasteiger partial charge >= 0.3 is 0 Å². The van der Waals surface area contributed by atoms with Crippen LogP contribution in [0.4, 0.5) is 4.39 Å². The largest absolute Gasteiger partial charge is 0.292 e. The maximum Gasteiger partial charge on any atom is 0.292 e. The van der Waals surface area contributed by atoms with Gasteiger partial charge < -0.3 is 0 Å². The molecule has 1 heterocycles. The Balaban J connectivity index is 1.95. The van der Waals surface area contributed by atoms with Gasteiger partial charge in [0.1, 0.15) is 5.82 Å². The lowest BCUT2D eigenvalue weighted by molar-refractivity contribution is 0.0949. The standard InChI is InChI=1S/C19H17FN4O2/c1-3-24-19(26)16-7-5-4-6-15(16)17(23-24)18(25)22-21-12(2)13-8-10-14(20)11-9-13/h4-11H,3H2,1-2H3,(H,22,25)/b21-12+. The van der Waals surface area contributed by atoms with Crippen LogP contribution in [0.3, 0.4) is 0 Å². The van der Waals surface area contributed by atoms with Crippen LogP contribution >= 0.6 is 0 Å². The van der Waals surface area contributed by atoms with Gasteiger partial charge in [0, 0.05) is 11.9 Å². The highest BCUT2D eigenvalue weighted by molar-refractivity contribution is 6.06. The van der Waals surface area contributed by atoms with Crippen molar-refractivity contribution in [2.75, 3.05) is 0 Å². The Morgan fingerprint density at radius 3 is 2.46 bits per heavy atom. The first-order chi connectivity index (χ1) is 12.5. The molecule has 0 spiro atoms. The first kappa shape index (κ1) is 17.5. The molecular formula is C19H17FN4O2. The number of benzene rings is 2. The van der Waals surface area contributed by atoms with E-state index in [1.807, 2.05) is 0 Å². The number of nitrogens with zero attached hydrogens (tertiary/aromatic N) is 3. The number of rotatable bonds is 4. The van der Waals surface area contributed by atoms with E-state index in [-0.39, 0.29) is 17.1 Å². The van der Waals surface area contributed by atoms with E-state index >= 15 is 0 Å². The average Bonchev–Trinajstić information content (AvgIpc) is 2.67. The average molecular weight is 352 g/mol. The van der Waals surface area contributed by atoms with Gasteiger partial charge in [-0.05, 0) is 37.6 Å². The van der Waals surface area contributed by atoms with Crippen LogP contribution in [0.1, 0.15) is 29.9 Å². The van der Waals surface area contributed by atoms with Gasteiger partial charge in [-0.25, -0.2) is 14.5 Å². The highest BCUT2D eigenvalue weighted by atomic mass is 19.1. The van der Waals surface area contributed by atoms with Gasteiger partial charge in [-0.15, -0.1) is 0 Å². The lowest BCUT2D eigenvalue weighted by Crippen LogP contribution is -2.28. The van der Waals surface area contributed by atoms with Crippen molar-refractivity contribution in [1.82, 2.24) is 15.2 Å². The molecule has 0 saturated carbocycles. The molecule has 26 heavy (non-hydrogen) atoms. The summed E-state index contributed by atoms with van der Waals surface area (Å²) in [6.07, 6.45) is 0. The number of aromatic nitrogens is 2. The molecule has 2 aromatic carbocycles. The SMILES string of the molecule is CCn1nc(C(=O)N/N=C(\C)c2ccc(F)cc2)c2ccccc2c1=O.